The van der Waals surface area contributed by atoms with Crippen molar-refractivity contribution in [1.29, 1.82) is 0 Å². The Balaban J connectivity index is 2.36. The fourth-order valence-electron chi connectivity index (χ4n) is 2.10. The number of aryl methyl sites for hydroxylation is 1. The molecule has 0 fully saturated rings. The lowest BCUT2D eigenvalue weighted by Crippen LogP contribution is -1.97. The third-order valence-electron chi connectivity index (χ3n) is 3.17. The minimum Gasteiger partial charge on any atom is -0.203 e. The van der Waals surface area contributed by atoms with E-state index in [1.807, 2.05) is 0 Å². The van der Waals surface area contributed by atoms with Crippen molar-refractivity contribution < 1.29 is 8.78 Å². The second-order valence-corrected chi connectivity index (χ2v) is 4.80. The summed E-state index contributed by atoms with van der Waals surface area (Å²) in [6, 6.07) is 10.1. The van der Waals surface area contributed by atoms with Crippen molar-refractivity contribution in [1.82, 2.24) is 10.2 Å². The lowest BCUT2D eigenvalue weighted by atomic mass is 10.0. The predicted molar refractivity (Wildman–Crippen MR) is 74.6 cm³/mol. The number of benzene rings is 2. The maximum Gasteiger partial charge on any atom is 0.168 e. The van der Waals surface area contributed by atoms with Crippen LogP contribution in [0.3, 0.4) is 0 Å². The smallest absolute Gasteiger partial charge is 0.168 e. The molecule has 3 rings (SSSR count). The van der Waals surface area contributed by atoms with Gasteiger partial charge in [-0.25, -0.2) is 8.78 Å². The van der Waals surface area contributed by atoms with Crippen LogP contribution in [0.4, 0.5) is 8.78 Å². The molecule has 0 aliphatic rings. The number of hydrogen-bond acceptors (Lipinski definition) is 2. The predicted octanol–water partition coefficient (Wildman–Crippen LogP) is 4.54. The van der Waals surface area contributed by atoms with Gasteiger partial charge in [0.2, 0.25) is 0 Å². The van der Waals surface area contributed by atoms with Gasteiger partial charge in [0.1, 0.15) is 5.69 Å². The molecule has 1 aromatic heterocycles. The molecule has 0 bridgehead atoms. The van der Waals surface area contributed by atoms with Gasteiger partial charge in [0.25, 0.3) is 0 Å². The molecule has 0 radical (unpaired) electrons. The normalized spacial score (nSPS) is 11.0. The van der Waals surface area contributed by atoms with Crippen molar-refractivity contribution in [2.45, 2.75) is 6.92 Å². The Kier molecular flexibility index (Phi) is 3.10. The zero-order chi connectivity index (χ0) is 14.3. The zero-order valence-electron chi connectivity index (χ0n) is 10.5. The highest BCUT2D eigenvalue weighted by Crippen LogP contribution is 2.32. The van der Waals surface area contributed by atoms with Gasteiger partial charge in [-0.15, -0.1) is 10.2 Å². The van der Waals surface area contributed by atoms with E-state index in [1.54, 1.807) is 24.3 Å². The third kappa shape index (κ3) is 1.93. The summed E-state index contributed by atoms with van der Waals surface area (Å²) in [5, 5.41) is 9.24. The van der Waals surface area contributed by atoms with Crippen LogP contribution in [0.25, 0.3) is 22.0 Å². The summed E-state index contributed by atoms with van der Waals surface area (Å²) in [5.41, 5.74) is 0.604. The van der Waals surface area contributed by atoms with Crippen molar-refractivity contribution in [3.63, 3.8) is 0 Å². The van der Waals surface area contributed by atoms with E-state index >= 15 is 0 Å². The van der Waals surface area contributed by atoms with Crippen molar-refractivity contribution in [3.05, 3.63) is 58.7 Å². The highest BCUT2D eigenvalue weighted by atomic mass is 35.5. The molecule has 0 aliphatic carbocycles. The van der Waals surface area contributed by atoms with E-state index in [-0.39, 0.29) is 22.0 Å². The van der Waals surface area contributed by atoms with Crippen molar-refractivity contribution in [2.75, 3.05) is 0 Å². The van der Waals surface area contributed by atoms with Gasteiger partial charge in [-0.05, 0) is 18.6 Å². The maximum atomic E-state index is 14.1. The van der Waals surface area contributed by atoms with Gasteiger partial charge in [-0.2, -0.15) is 0 Å². The SMILES string of the molecule is Cc1ccc(-c2nnc(Cl)c3ccccc23)c(F)c1F. The fourth-order valence-corrected chi connectivity index (χ4v) is 2.30. The van der Waals surface area contributed by atoms with E-state index in [2.05, 4.69) is 10.2 Å². The second kappa shape index (κ2) is 4.80. The van der Waals surface area contributed by atoms with Crippen LogP contribution in [-0.4, -0.2) is 10.2 Å². The second-order valence-electron chi connectivity index (χ2n) is 4.44. The van der Waals surface area contributed by atoms with Crippen LogP contribution in [0.15, 0.2) is 36.4 Å². The van der Waals surface area contributed by atoms with Crippen LogP contribution in [0.2, 0.25) is 5.15 Å². The number of rotatable bonds is 1. The van der Waals surface area contributed by atoms with Crippen LogP contribution >= 0.6 is 11.6 Å². The van der Waals surface area contributed by atoms with Gasteiger partial charge in [0.15, 0.2) is 16.8 Å². The zero-order valence-corrected chi connectivity index (χ0v) is 11.2. The Hall–Kier alpha value is -2.07. The largest absolute Gasteiger partial charge is 0.203 e. The van der Waals surface area contributed by atoms with Gasteiger partial charge in [0.05, 0.1) is 0 Å². The molecule has 5 heteroatoms. The van der Waals surface area contributed by atoms with Crippen LogP contribution in [-0.2, 0) is 0 Å². The minimum atomic E-state index is -0.924. The number of nitrogens with zero attached hydrogens (tertiary/aromatic N) is 2. The molecule has 0 atom stereocenters. The number of halogens is 3. The van der Waals surface area contributed by atoms with E-state index in [1.165, 1.54) is 19.1 Å². The summed E-state index contributed by atoms with van der Waals surface area (Å²) in [4.78, 5) is 0. The number of fused-ring (bicyclic) bond motifs is 1. The molecule has 20 heavy (non-hydrogen) atoms. The van der Waals surface area contributed by atoms with Crippen LogP contribution in [0.5, 0.6) is 0 Å². The third-order valence-corrected chi connectivity index (χ3v) is 3.45. The van der Waals surface area contributed by atoms with Crippen LogP contribution < -0.4 is 0 Å². The lowest BCUT2D eigenvalue weighted by Gasteiger charge is -2.08. The maximum absolute atomic E-state index is 14.1. The number of hydrogen-bond donors (Lipinski definition) is 0. The summed E-state index contributed by atoms with van der Waals surface area (Å²) in [6.07, 6.45) is 0. The fraction of sp³-hybridized carbons (Fsp3) is 0.0667. The van der Waals surface area contributed by atoms with Crippen molar-refractivity contribution in [2.24, 2.45) is 0 Å². The molecule has 0 saturated carbocycles. The number of aromatic nitrogens is 2. The summed E-state index contributed by atoms with van der Waals surface area (Å²) in [5.74, 6) is -1.80. The highest BCUT2D eigenvalue weighted by Gasteiger charge is 2.17. The molecule has 0 saturated heterocycles. The van der Waals surface area contributed by atoms with Gasteiger partial charge in [0, 0.05) is 16.3 Å². The Bertz CT molecular complexity index is 818. The van der Waals surface area contributed by atoms with E-state index in [4.69, 9.17) is 11.6 Å². The lowest BCUT2D eigenvalue weighted by molar-refractivity contribution is 0.505. The molecule has 2 nitrogen and oxygen atoms in total. The molecule has 3 aromatic rings. The Labute approximate surface area is 119 Å². The summed E-state index contributed by atoms with van der Waals surface area (Å²) in [7, 11) is 0. The molecule has 0 amide bonds. The van der Waals surface area contributed by atoms with Crippen molar-refractivity contribution >= 4 is 22.4 Å². The molecule has 2 aromatic carbocycles. The summed E-state index contributed by atoms with van der Waals surface area (Å²) in [6.45, 7) is 1.51. The quantitative estimate of drug-likeness (QED) is 0.658. The summed E-state index contributed by atoms with van der Waals surface area (Å²) < 4.78 is 27.8. The first kappa shape index (κ1) is 12.9. The van der Waals surface area contributed by atoms with Gasteiger partial charge >= 0.3 is 0 Å². The molecule has 1 heterocycles. The Morgan fingerprint density at radius 1 is 0.900 bits per heavy atom. The Morgan fingerprint density at radius 3 is 2.35 bits per heavy atom. The first-order valence-electron chi connectivity index (χ1n) is 5.95. The minimum absolute atomic E-state index is 0.0773. The van der Waals surface area contributed by atoms with E-state index in [9.17, 15) is 8.78 Å². The van der Waals surface area contributed by atoms with E-state index in [0.717, 1.165) is 0 Å². The van der Waals surface area contributed by atoms with E-state index < -0.39 is 11.6 Å². The topological polar surface area (TPSA) is 25.8 Å². The monoisotopic (exact) mass is 290 g/mol. The molecule has 100 valence electrons. The van der Waals surface area contributed by atoms with Crippen LogP contribution in [0, 0.1) is 18.6 Å². The van der Waals surface area contributed by atoms with Gasteiger partial charge in [-0.1, -0.05) is 41.9 Å². The Morgan fingerprint density at radius 2 is 1.60 bits per heavy atom. The highest BCUT2D eigenvalue weighted by molar-refractivity contribution is 6.34. The average molecular weight is 291 g/mol. The van der Waals surface area contributed by atoms with Crippen molar-refractivity contribution in [3.8, 4) is 11.3 Å². The average Bonchev–Trinajstić information content (AvgIpc) is 2.47. The summed E-state index contributed by atoms with van der Waals surface area (Å²) >= 11 is 5.97. The van der Waals surface area contributed by atoms with E-state index in [0.29, 0.717) is 10.8 Å². The standard InChI is InChI=1S/C15H9ClF2N2/c1-8-6-7-11(13(18)12(8)17)14-9-4-2-3-5-10(9)15(16)20-19-14/h2-7H,1H3. The molecule has 0 unspecified atom stereocenters. The molecular weight excluding hydrogens is 282 g/mol. The van der Waals surface area contributed by atoms with Gasteiger partial charge < -0.3 is 0 Å². The molecular formula is C15H9ClF2N2. The first-order chi connectivity index (χ1) is 9.59. The van der Waals surface area contributed by atoms with Crippen LogP contribution in [0.1, 0.15) is 5.56 Å². The molecule has 0 N–H and O–H groups in total. The first-order valence-corrected chi connectivity index (χ1v) is 6.33. The molecule has 0 aliphatic heterocycles. The molecule has 0 spiro atoms. The van der Waals surface area contributed by atoms with Gasteiger partial charge in [-0.3, -0.25) is 0 Å².